The van der Waals surface area contributed by atoms with Gasteiger partial charge in [-0.1, -0.05) is 32.9 Å². The first-order valence-corrected chi connectivity index (χ1v) is 7.66. The Kier molecular flexibility index (Phi) is 3.29. The Labute approximate surface area is 127 Å². The van der Waals surface area contributed by atoms with E-state index < -0.39 is 0 Å². The number of hydrogen-bond acceptors (Lipinski definition) is 3. The Hall–Kier alpha value is -2.14. The lowest BCUT2D eigenvalue weighted by molar-refractivity contribution is 0.102. The molecular weight excluding hydrogens is 282 g/mol. The van der Waals surface area contributed by atoms with Gasteiger partial charge in [0.25, 0.3) is 5.91 Å². The molecule has 1 aromatic carbocycles. The molecule has 21 heavy (non-hydrogen) atoms. The highest BCUT2D eigenvalue weighted by Gasteiger charge is 2.19. The van der Waals surface area contributed by atoms with Gasteiger partial charge in [0, 0.05) is 22.4 Å². The second kappa shape index (κ2) is 5.00. The van der Waals surface area contributed by atoms with Crippen molar-refractivity contribution in [3.8, 4) is 0 Å². The molecule has 2 aromatic heterocycles. The number of anilines is 1. The molecule has 0 saturated carbocycles. The van der Waals surface area contributed by atoms with E-state index in [2.05, 4.69) is 36.1 Å². The molecule has 0 spiro atoms. The van der Waals surface area contributed by atoms with Crippen molar-refractivity contribution in [2.24, 2.45) is 0 Å². The SMILES string of the molecule is CC(C)(C)c1csc(NC(=O)c2cccc3cc[nH]c23)n1. The maximum Gasteiger partial charge on any atom is 0.259 e. The summed E-state index contributed by atoms with van der Waals surface area (Å²) in [5, 5.41) is 6.53. The van der Waals surface area contributed by atoms with E-state index in [1.807, 2.05) is 35.8 Å². The number of carbonyl (C=O) groups is 1. The zero-order valence-electron chi connectivity index (χ0n) is 12.2. The van der Waals surface area contributed by atoms with Gasteiger partial charge < -0.3 is 4.98 Å². The monoisotopic (exact) mass is 299 g/mol. The fourth-order valence-electron chi connectivity index (χ4n) is 2.11. The Morgan fingerprint density at radius 2 is 2.10 bits per heavy atom. The minimum Gasteiger partial charge on any atom is -0.361 e. The van der Waals surface area contributed by atoms with Crippen LogP contribution in [-0.2, 0) is 5.41 Å². The molecule has 0 atom stereocenters. The second-order valence-electron chi connectivity index (χ2n) is 5.99. The van der Waals surface area contributed by atoms with Crippen LogP contribution in [0.3, 0.4) is 0 Å². The summed E-state index contributed by atoms with van der Waals surface area (Å²) in [6, 6.07) is 7.62. The summed E-state index contributed by atoms with van der Waals surface area (Å²) >= 11 is 1.45. The van der Waals surface area contributed by atoms with Crippen LogP contribution in [0.4, 0.5) is 5.13 Å². The van der Waals surface area contributed by atoms with Crippen molar-refractivity contribution in [2.45, 2.75) is 26.2 Å². The van der Waals surface area contributed by atoms with E-state index >= 15 is 0 Å². The van der Waals surface area contributed by atoms with Crippen molar-refractivity contribution in [3.05, 3.63) is 47.1 Å². The topological polar surface area (TPSA) is 57.8 Å². The largest absolute Gasteiger partial charge is 0.361 e. The summed E-state index contributed by atoms with van der Waals surface area (Å²) in [5.41, 5.74) is 2.45. The van der Waals surface area contributed by atoms with Gasteiger partial charge in [0.05, 0.1) is 16.8 Å². The third-order valence-corrected chi connectivity index (χ3v) is 4.08. The number of carbonyl (C=O) groups excluding carboxylic acids is 1. The smallest absolute Gasteiger partial charge is 0.259 e. The molecule has 0 bridgehead atoms. The molecule has 4 nitrogen and oxygen atoms in total. The van der Waals surface area contributed by atoms with Gasteiger partial charge in [-0.25, -0.2) is 4.98 Å². The molecule has 1 amide bonds. The van der Waals surface area contributed by atoms with Crippen LogP contribution in [0.25, 0.3) is 10.9 Å². The van der Waals surface area contributed by atoms with Crippen molar-refractivity contribution in [1.82, 2.24) is 9.97 Å². The van der Waals surface area contributed by atoms with Crippen molar-refractivity contribution in [1.29, 1.82) is 0 Å². The lowest BCUT2D eigenvalue weighted by Crippen LogP contribution is -2.14. The van der Waals surface area contributed by atoms with E-state index in [9.17, 15) is 4.79 Å². The van der Waals surface area contributed by atoms with Crippen LogP contribution in [0.15, 0.2) is 35.8 Å². The maximum absolute atomic E-state index is 12.4. The molecule has 3 rings (SSSR count). The Balaban J connectivity index is 1.87. The Morgan fingerprint density at radius 3 is 2.81 bits per heavy atom. The van der Waals surface area contributed by atoms with Gasteiger partial charge in [-0.2, -0.15) is 0 Å². The third-order valence-electron chi connectivity index (χ3n) is 3.32. The average molecular weight is 299 g/mol. The van der Waals surface area contributed by atoms with Gasteiger partial charge in [0.1, 0.15) is 0 Å². The van der Waals surface area contributed by atoms with Gasteiger partial charge in [-0.15, -0.1) is 11.3 Å². The number of para-hydroxylation sites is 1. The first-order chi connectivity index (χ1) is 9.95. The van der Waals surface area contributed by atoms with E-state index in [0.717, 1.165) is 16.6 Å². The van der Waals surface area contributed by atoms with Gasteiger partial charge in [-0.3, -0.25) is 10.1 Å². The van der Waals surface area contributed by atoms with Crippen molar-refractivity contribution >= 4 is 33.3 Å². The summed E-state index contributed by atoms with van der Waals surface area (Å²) in [4.78, 5) is 20.0. The van der Waals surface area contributed by atoms with Crippen LogP contribution in [0, 0.1) is 0 Å². The molecule has 0 fully saturated rings. The molecule has 0 aliphatic heterocycles. The van der Waals surface area contributed by atoms with Crippen LogP contribution in [0.1, 0.15) is 36.8 Å². The minimum absolute atomic E-state index is 0.0149. The van der Waals surface area contributed by atoms with Crippen LogP contribution in [-0.4, -0.2) is 15.9 Å². The Morgan fingerprint density at radius 1 is 1.29 bits per heavy atom. The zero-order valence-corrected chi connectivity index (χ0v) is 13.0. The van der Waals surface area contributed by atoms with Gasteiger partial charge >= 0.3 is 0 Å². The minimum atomic E-state index is -0.141. The molecule has 0 aliphatic carbocycles. The average Bonchev–Trinajstić information content (AvgIpc) is 3.05. The summed E-state index contributed by atoms with van der Waals surface area (Å²) in [6.45, 7) is 6.31. The molecular formula is C16H17N3OS. The number of fused-ring (bicyclic) bond motifs is 1. The first kappa shape index (κ1) is 13.8. The van der Waals surface area contributed by atoms with Gasteiger partial charge in [-0.05, 0) is 12.1 Å². The number of amides is 1. The number of aromatic amines is 1. The Bertz CT molecular complexity index is 795. The number of aromatic nitrogens is 2. The van der Waals surface area contributed by atoms with Crippen molar-refractivity contribution < 1.29 is 4.79 Å². The highest BCUT2D eigenvalue weighted by Crippen LogP contribution is 2.27. The predicted molar refractivity (Wildman–Crippen MR) is 87.1 cm³/mol. The van der Waals surface area contributed by atoms with Crippen LogP contribution in [0.5, 0.6) is 0 Å². The predicted octanol–water partition coefficient (Wildman–Crippen LogP) is 4.17. The van der Waals surface area contributed by atoms with Crippen molar-refractivity contribution in [2.75, 3.05) is 5.32 Å². The summed E-state index contributed by atoms with van der Waals surface area (Å²) in [7, 11) is 0. The highest BCUT2D eigenvalue weighted by molar-refractivity contribution is 7.14. The summed E-state index contributed by atoms with van der Waals surface area (Å²) < 4.78 is 0. The van der Waals surface area contributed by atoms with Gasteiger partial charge in [0.15, 0.2) is 5.13 Å². The highest BCUT2D eigenvalue weighted by atomic mass is 32.1. The van der Waals surface area contributed by atoms with E-state index in [1.54, 1.807) is 0 Å². The van der Waals surface area contributed by atoms with Crippen LogP contribution >= 0.6 is 11.3 Å². The summed E-state index contributed by atoms with van der Waals surface area (Å²) in [6.07, 6.45) is 1.84. The zero-order chi connectivity index (χ0) is 15.0. The number of H-pyrrole nitrogens is 1. The molecule has 0 radical (unpaired) electrons. The number of nitrogens with zero attached hydrogens (tertiary/aromatic N) is 1. The maximum atomic E-state index is 12.4. The number of benzene rings is 1. The standard InChI is InChI=1S/C16H17N3OS/c1-16(2,3)12-9-21-15(18-12)19-14(20)11-6-4-5-10-7-8-17-13(10)11/h4-9,17H,1-3H3,(H,18,19,20). The molecule has 2 N–H and O–H groups in total. The molecule has 0 saturated heterocycles. The van der Waals surface area contributed by atoms with Crippen LogP contribution in [0.2, 0.25) is 0 Å². The third kappa shape index (κ3) is 2.69. The van der Waals surface area contributed by atoms with Gasteiger partial charge in [0.2, 0.25) is 0 Å². The molecule has 108 valence electrons. The fraction of sp³-hybridized carbons (Fsp3) is 0.250. The first-order valence-electron chi connectivity index (χ1n) is 6.78. The van der Waals surface area contributed by atoms with E-state index in [0.29, 0.717) is 10.7 Å². The number of hydrogen-bond donors (Lipinski definition) is 2. The van der Waals surface area contributed by atoms with Crippen LogP contribution < -0.4 is 5.32 Å². The van der Waals surface area contributed by atoms with Crippen molar-refractivity contribution in [3.63, 3.8) is 0 Å². The van der Waals surface area contributed by atoms with E-state index in [-0.39, 0.29) is 11.3 Å². The lowest BCUT2D eigenvalue weighted by atomic mass is 9.93. The number of thiazole rings is 1. The molecule has 5 heteroatoms. The fourth-order valence-corrected chi connectivity index (χ4v) is 3.05. The number of nitrogens with one attached hydrogen (secondary N) is 2. The van der Waals surface area contributed by atoms with E-state index in [1.165, 1.54) is 11.3 Å². The quantitative estimate of drug-likeness (QED) is 0.746. The second-order valence-corrected chi connectivity index (χ2v) is 6.85. The number of rotatable bonds is 2. The van der Waals surface area contributed by atoms with E-state index in [4.69, 9.17) is 0 Å². The molecule has 3 aromatic rings. The normalized spacial score (nSPS) is 11.8. The molecule has 0 unspecified atom stereocenters. The summed E-state index contributed by atoms with van der Waals surface area (Å²) in [5.74, 6) is -0.141. The molecule has 2 heterocycles. The lowest BCUT2D eigenvalue weighted by Gasteiger charge is -2.14. The molecule has 0 aliphatic rings.